The quantitative estimate of drug-likeness (QED) is 0.822. The zero-order valence-corrected chi connectivity index (χ0v) is 12.5. The summed E-state index contributed by atoms with van der Waals surface area (Å²) in [4.78, 5) is 30.1. The predicted molar refractivity (Wildman–Crippen MR) is 82.3 cm³/mol. The van der Waals surface area contributed by atoms with Gasteiger partial charge in [-0.3, -0.25) is 9.59 Å². The van der Waals surface area contributed by atoms with Crippen LogP contribution in [-0.4, -0.2) is 34.1 Å². The highest BCUT2D eigenvalue weighted by molar-refractivity contribution is 7.09. The minimum absolute atomic E-state index is 0.0738. The average molecular weight is 317 g/mol. The minimum atomic E-state index is -2.01. The van der Waals surface area contributed by atoms with E-state index in [-0.39, 0.29) is 13.0 Å². The van der Waals surface area contributed by atoms with E-state index >= 15 is 0 Å². The lowest BCUT2D eigenvalue weighted by molar-refractivity contribution is -0.149. The van der Waals surface area contributed by atoms with Gasteiger partial charge in [0.25, 0.3) is 11.8 Å². The zero-order chi connectivity index (χ0) is 15.6. The molecule has 1 saturated heterocycles. The van der Waals surface area contributed by atoms with E-state index in [1.165, 1.54) is 16.2 Å². The van der Waals surface area contributed by atoms with Crippen molar-refractivity contribution >= 4 is 28.8 Å². The number of hydrogen-bond acceptors (Lipinski definition) is 5. The molecule has 2 amide bonds. The van der Waals surface area contributed by atoms with E-state index in [4.69, 9.17) is 0 Å². The predicted octanol–water partition coefficient (Wildman–Crippen LogP) is 0.927. The molecule has 0 saturated carbocycles. The maximum atomic E-state index is 12.4. The summed E-state index contributed by atoms with van der Waals surface area (Å²) in [6.45, 7) is 0.515. The second-order valence-electron chi connectivity index (χ2n) is 5.01. The van der Waals surface area contributed by atoms with Gasteiger partial charge in [0.1, 0.15) is 5.01 Å². The fourth-order valence-electron chi connectivity index (χ4n) is 2.41. The molecule has 2 aromatic rings. The number of thiazole rings is 1. The van der Waals surface area contributed by atoms with Gasteiger partial charge in [-0.05, 0) is 12.1 Å². The number of para-hydroxylation sites is 1. The molecule has 0 unspecified atom stereocenters. The van der Waals surface area contributed by atoms with Crippen molar-refractivity contribution in [3.8, 4) is 0 Å². The Hall–Kier alpha value is -2.25. The molecule has 1 atom stereocenters. The van der Waals surface area contributed by atoms with Gasteiger partial charge in [0.15, 0.2) is 0 Å². The molecule has 0 radical (unpaired) electrons. The van der Waals surface area contributed by atoms with Crippen LogP contribution in [-0.2, 0) is 16.1 Å². The van der Waals surface area contributed by atoms with E-state index in [9.17, 15) is 14.7 Å². The lowest BCUT2D eigenvalue weighted by atomic mass is 10.0. The maximum Gasteiger partial charge on any atom is 0.268 e. The van der Waals surface area contributed by atoms with Gasteiger partial charge < -0.3 is 15.3 Å². The summed E-state index contributed by atoms with van der Waals surface area (Å²) in [6, 6.07) is 9.01. The van der Waals surface area contributed by atoms with Gasteiger partial charge in [0.05, 0.1) is 6.54 Å². The molecule has 2 N–H and O–H groups in total. The summed E-state index contributed by atoms with van der Waals surface area (Å²) in [5.74, 6) is -1.26. The molecule has 3 rings (SSSR count). The van der Waals surface area contributed by atoms with E-state index in [0.29, 0.717) is 12.2 Å². The molecule has 1 aromatic carbocycles. The molecule has 7 heteroatoms. The fourth-order valence-corrected chi connectivity index (χ4v) is 2.97. The van der Waals surface area contributed by atoms with Crippen molar-refractivity contribution in [3.05, 3.63) is 46.9 Å². The van der Waals surface area contributed by atoms with Crippen LogP contribution < -0.4 is 10.2 Å². The van der Waals surface area contributed by atoms with E-state index < -0.39 is 17.4 Å². The van der Waals surface area contributed by atoms with Crippen molar-refractivity contribution in [1.82, 2.24) is 10.3 Å². The van der Waals surface area contributed by atoms with Crippen molar-refractivity contribution in [2.45, 2.75) is 18.6 Å². The van der Waals surface area contributed by atoms with Crippen LogP contribution in [0.25, 0.3) is 0 Å². The first-order chi connectivity index (χ1) is 10.6. The Morgan fingerprint density at radius 2 is 2.18 bits per heavy atom. The van der Waals surface area contributed by atoms with Gasteiger partial charge in [-0.25, -0.2) is 4.98 Å². The number of amides is 2. The largest absolute Gasteiger partial charge is 0.372 e. The smallest absolute Gasteiger partial charge is 0.268 e. The number of benzene rings is 1. The third kappa shape index (κ3) is 2.60. The summed E-state index contributed by atoms with van der Waals surface area (Å²) < 4.78 is 0. The second-order valence-corrected chi connectivity index (χ2v) is 5.99. The Balaban J connectivity index is 1.70. The average Bonchev–Trinajstić information content (AvgIpc) is 3.16. The third-order valence-corrected chi connectivity index (χ3v) is 4.40. The first-order valence-electron chi connectivity index (χ1n) is 6.87. The molecule has 114 valence electrons. The molecule has 2 heterocycles. The first-order valence-corrected chi connectivity index (χ1v) is 7.75. The number of aliphatic hydroxyl groups is 1. The lowest BCUT2D eigenvalue weighted by Gasteiger charge is -2.21. The molecule has 6 nitrogen and oxygen atoms in total. The van der Waals surface area contributed by atoms with E-state index in [2.05, 4.69) is 10.3 Å². The van der Waals surface area contributed by atoms with Crippen LogP contribution in [0.5, 0.6) is 0 Å². The van der Waals surface area contributed by atoms with Gasteiger partial charge >= 0.3 is 0 Å². The SMILES string of the molecule is O=C(NCc1nccs1)[C@@]1(O)CCN(c2ccccc2)C1=O. The number of anilines is 1. The monoisotopic (exact) mass is 317 g/mol. The molecular formula is C15H15N3O3S. The fraction of sp³-hybridized carbons (Fsp3) is 0.267. The Kier molecular flexibility index (Phi) is 3.91. The van der Waals surface area contributed by atoms with E-state index in [1.54, 1.807) is 23.7 Å². The van der Waals surface area contributed by atoms with Crippen LogP contribution in [0.2, 0.25) is 0 Å². The zero-order valence-electron chi connectivity index (χ0n) is 11.7. The number of rotatable bonds is 4. The Morgan fingerprint density at radius 1 is 1.41 bits per heavy atom. The van der Waals surface area contributed by atoms with E-state index in [0.717, 1.165) is 5.01 Å². The second kappa shape index (κ2) is 5.86. The van der Waals surface area contributed by atoms with Gasteiger partial charge in [0, 0.05) is 30.2 Å². The number of carbonyl (C=O) groups is 2. The van der Waals surface area contributed by atoms with Crippen molar-refractivity contribution in [2.24, 2.45) is 0 Å². The maximum absolute atomic E-state index is 12.4. The summed E-state index contributed by atoms with van der Waals surface area (Å²) in [6.07, 6.45) is 1.71. The van der Waals surface area contributed by atoms with Crippen molar-refractivity contribution < 1.29 is 14.7 Å². The van der Waals surface area contributed by atoms with Crippen LogP contribution in [0.15, 0.2) is 41.9 Å². The van der Waals surface area contributed by atoms with Gasteiger partial charge in [-0.1, -0.05) is 18.2 Å². The lowest BCUT2D eigenvalue weighted by Crippen LogP contribution is -2.52. The molecule has 0 bridgehead atoms. The standard InChI is InChI=1S/C15H15N3O3S/c19-13(17-10-12-16-7-9-22-12)15(21)6-8-18(14(15)20)11-4-2-1-3-5-11/h1-5,7,9,21H,6,8,10H2,(H,17,19)/t15-/m0/s1. The Labute approximate surface area is 131 Å². The summed E-state index contributed by atoms with van der Waals surface area (Å²) in [5, 5.41) is 15.6. The molecule has 0 aliphatic carbocycles. The van der Waals surface area contributed by atoms with Crippen molar-refractivity contribution in [1.29, 1.82) is 0 Å². The van der Waals surface area contributed by atoms with Crippen LogP contribution in [0.3, 0.4) is 0 Å². The normalized spacial score (nSPS) is 21.1. The van der Waals surface area contributed by atoms with E-state index in [1.807, 2.05) is 18.2 Å². The molecule has 22 heavy (non-hydrogen) atoms. The summed E-state index contributed by atoms with van der Waals surface area (Å²) in [7, 11) is 0. The van der Waals surface area contributed by atoms with Crippen LogP contribution >= 0.6 is 11.3 Å². The minimum Gasteiger partial charge on any atom is -0.372 e. The first kappa shape index (κ1) is 14.7. The molecule has 1 aliphatic rings. The van der Waals surface area contributed by atoms with Crippen LogP contribution in [0.1, 0.15) is 11.4 Å². The number of aromatic nitrogens is 1. The summed E-state index contributed by atoms with van der Waals surface area (Å²) >= 11 is 1.40. The Bertz CT molecular complexity index is 675. The highest BCUT2D eigenvalue weighted by Crippen LogP contribution is 2.28. The number of nitrogens with zero attached hydrogens (tertiary/aromatic N) is 2. The highest BCUT2D eigenvalue weighted by atomic mass is 32.1. The topological polar surface area (TPSA) is 82.5 Å². The van der Waals surface area contributed by atoms with Gasteiger partial charge in [-0.2, -0.15) is 0 Å². The van der Waals surface area contributed by atoms with Crippen LogP contribution in [0, 0.1) is 0 Å². The van der Waals surface area contributed by atoms with Crippen molar-refractivity contribution in [2.75, 3.05) is 11.4 Å². The molecule has 0 spiro atoms. The van der Waals surface area contributed by atoms with Gasteiger partial charge in [-0.15, -0.1) is 11.3 Å². The molecule has 1 aromatic heterocycles. The molecule has 1 fully saturated rings. The van der Waals surface area contributed by atoms with Crippen molar-refractivity contribution in [3.63, 3.8) is 0 Å². The Morgan fingerprint density at radius 3 is 2.86 bits per heavy atom. The van der Waals surface area contributed by atoms with Crippen LogP contribution in [0.4, 0.5) is 5.69 Å². The number of hydrogen-bond donors (Lipinski definition) is 2. The summed E-state index contributed by atoms with van der Waals surface area (Å²) in [5.41, 5.74) is -1.33. The van der Waals surface area contributed by atoms with Gasteiger partial charge in [0.2, 0.25) is 5.60 Å². The highest BCUT2D eigenvalue weighted by Gasteiger charge is 2.51. The molecular weight excluding hydrogens is 302 g/mol. The number of carbonyl (C=O) groups excluding carboxylic acids is 2. The molecule has 1 aliphatic heterocycles. The third-order valence-electron chi connectivity index (χ3n) is 3.62. The number of nitrogens with one attached hydrogen (secondary N) is 1.